The summed E-state index contributed by atoms with van der Waals surface area (Å²) in [4.78, 5) is 18.9. The first kappa shape index (κ1) is 22.3. The average molecular weight is 501 g/mol. The van der Waals surface area contributed by atoms with E-state index in [4.69, 9.17) is 15.8 Å². The number of thiophene rings is 1. The zero-order valence-corrected chi connectivity index (χ0v) is 20.2. The molecule has 0 saturated carbocycles. The molecular weight excluding hydrogens is 480 g/mol. The van der Waals surface area contributed by atoms with Gasteiger partial charge in [0.05, 0.1) is 24.7 Å². The van der Waals surface area contributed by atoms with E-state index in [0.29, 0.717) is 15.2 Å². The lowest BCUT2D eigenvalue weighted by Gasteiger charge is -2.26. The molecule has 9 heteroatoms. The van der Waals surface area contributed by atoms with Crippen molar-refractivity contribution in [3.8, 4) is 10.4 Å². The maximum Gasteiger partial charge on any atom is 0.271 e. The van der Waals surface area contributed by atoms with Gasteiger partial charge in [0.15, 0.2) is 0 Å². The summed E-state index contributed by atoms with van der Waals surface area (Å²) < 4.78 is 29.8. The van der Waals surface area contributed by atoms with Gasteiger partial charge in [-0.15, -0.1) is 11.3 Å². The van der Waals surface area contributed by atoms with Gasteiger partial charge in [0, 0.05) is 15.9 Å². The minimum Gasteiger partial charge on any atom is -0.295 e. The van der Waals surface area contributed by atoms with Crippen LogP contribution >= 0.6 is 22.9 Å². The van der Waals surface area contributed by atoms with Crippen LogP contribution in [0.2, 0.25) is 5.02 Å². The highest BCUT2D eigenvalue weighted by Crippen LogP contribution is 2.33. The summed E-state index contributed by atoms with van der Waals surface area (Å²) in [7, 11) is -3.48. The Hall–Kier alpha value is -2.52. The van der Waals surface area contributed by atoms with Gasteiger partial charge in [0.1, 0.15) is 4.70 Å². The van der Waals surface area contributed by atoms with E-state index in [9.17, 15) is 13.2 Å². The number of fused-ring (bicyclic) bond motifs is 2. The van der Waals surface area contributed by atoms with Crippen LogP contribution in [0.4, 0.5) is 0 Å². The lowest BCUT2D eigenvalue weighted by atomic mass is 9.87. The Labute approximate surface area is 200 Å². The van der Waals surface area contributed by atoms with Crippen LogP contribution in [0.25, 0.3) is 20.7 Å². The molecule has 0 unspecified atom stereocenters. The zero-order chi connectivity index (χ0) is 23.2. The van der Waals surface area contributed by atoms with E-state index in [1.807, 2.05) is 48.5 Å². The second-order valence-electron chi connectivity index (χ2n) is 8.25. The van der Waals surface area contributed by atoms with Crippen LogP contribution in [-0.2, 0) is 33.7 Å². The molecule has 6 nitrogen and oxygen atoms in total. The fraction of sp³-hybridized carbons (Fsp3) is 0.250. The standard InChI is InChI=1S/C24H21ClN2O4S2/c1-33(29,30)31-13-15-2-3-18-11-20(9-6-17(18)10-15)27-14-26-21-12-22(32-23(21)24(27)28)16-4-7-19(25)8-5-16/h2-5,7-8,10,12,14,20H,6,9,11,13H2,1H3/t20-/m0/s1. The molecule has 4 aromatic rings. The highest BCUT2D eigenvalue weighted by molar-refractivity contribution is 7.85. The fourth-order valence-corrected chi connectivity index (χ4v) is 5.76. The Morgan fingerprint density at radius 2 is 1.94 bits per heavy atom. The largest absolute Gasteiger partial charge is 0.295 e. The second kappa shape index (κ2) is 8.68. The number of aryl methyl sites for hydroxylation is 1. The first-order chi connectivity index (χ1) is 15.8. The molecule has 2 heterocycles. The number of nitrogens with zero attached hydrogens (tertiary/aromatic N) is 2. The molecule has 0 radical (unpaired) electrons. The van der Waals surface area contributed by atoms with Gasteiger partial charge in [-0.05, 0) is 59.7 Å². The summed E-state index contributed by atoms with van der Waals surface area (Å²) >= 11 is 7.45. The SMILES string of the molecule is CS(=O)(=O)OCc1ccc2c(c1)CC[C@H](n1cnc3cc(-c4ccc(Cl)cc4)sc3c1=O)C2. The Balaban J connectivity index is 1.40. The highest BCUT2D eigenvalue weighted by Gasteiger charge is 2.23. The number of rotatable bonds is 5. The van der Waals surface area contributed by atoms with E-state index in [2.05, 4.69) is 4.98 Å². The molecule has 0 N–H and O–H groups in total. The summed E-state index contributed by atoms with van der Waals surface area (Å²) in [5, 5.41) is 0.674. The zero-order valence-electron chi connectivity index (χ0n) is 17.8. The first-order valence-corrected chi connectivity index (χ1v) is 13.5. The molecule has 170 valence electrons. The summed E-state index contributed by atoms with van der Waals surface area (Å²) in [5.41, 5.74) is 4.86. The Bertz CT molecular complexity index is 1510. The molecule has 0 amide bonds. The Morgan fingerprint density at radius 1 is 1.15 bits per heavy atom. The van der Waals surface area contributed by atoms with Gasteiger partial charge in [0.2, 0.25) is 0 Å². The van der Waals surface area contributed by atoms with E-state index in [0.717, 1.165) is 47.1 Å². The molecular formula is C24H21ClN2O4S2. The lowest BCUT2D eigenvalue weighted by Crippen LogP contribution is -2.28. The van der Waals surface area contributed by atoms with Gasteiger partial charge >= 0.3 is 0 Å². The molecule has 1 aliphatic rings. The van der Waals surface area contributed by atoms with Crippen molar-refractivity contribution in [1.82, 2.24) is 9.55 Å². The predicted octanol–water partition coefficient (Wildman–Crippen LogP) is 4.98. The quantitative estimate of drug-likeness (QED) is 0.361. The second-order valence-corrected chi connectivity index (χ2v) is 11.4. The van der Waals surface area contributed by atoms with E-state index in [1.165, 1.54) is 16.9 Å². The van der Waals surface area contributed by atoms with E-state index in [1.54, 1.807) is 10.9 Å². The van der Waals surface area contributed by atoms with Crippen molar-refractivity contribution >= 4 is 43.3 Å². The minimum absolute atomic E-state index is 0.0168. The third-order valence-electron chi connectivity index (χ3n) is 5.90. The fourth-order valence-electron chi connectivity index (χ4n) is 4.23. The molecule has 33 heavy (non-hydrogen) atoms. The number of hydrogen-bond donors (Lipinski definition) is 0. The molecule has 5 rings (SSSR count). The van der Waals surface area contributed by atoms with Crippen molar-refractivity contribution in [3.05, 3.63) is 86.9 Å². The maximum absolute atomic E-state index is 13.3. The van der Waals surface area contributed by atoms with Crippen molar-refractivity contribution in [2.75, 3.05) is 6.26 Å². The van der Waals surface area contributed by atoms with Crippen molar-refractivity contribution in [1.29, 1.82) is 0 Å². The predicted molar refractivity (Wildman–Crippen MR) is 131 cm³/mol. The molecule has 1 aliphatic carbocycles. The lowest BCUT2D eigenvalue weighted by molar-refractivity contribution is 0.311. The molecule has 0 saturated heterocycles. The van der Waals surface area contributed by atoms with Crippen molar-refractivity contribution in [2.24, 2.45) is 0 Å². The smallest absolute Gasteiger partial charge is 0.271 e. The van der Waals surface area contributed by atoms with Crippen LogP contribution in [0.1, 0.15) is 29.2 Å². The van der Waals surface area contributed by atoms with Gasteiger partial charge in [-0.1, -0.05) is 41.9 Å². The monoisotopic (exact) mass is 500 g/mol. The van der Waals surface area contributed by atoms with Crippen LogP contribution in [-0.4, -0.2) is 24.2 Å². The topological polar surface area (TPSA) is 78.3 Å². The summed E-state index contributed by atoms with van der Waals surface area (Å²) in [6, 6.07) is 15.4. The first-order valence-electron chi connectivity index (χ1n) is 10.5. The molecule has 2 aromatic carbocycles. The van der Waals surface area contributed by atoms with Gasteiger partial charge in [-0.2, -0.15) is 8.42 Å². The molecule has 0 bridgehead atoms. The molecule has 1 atom stereocenters. The minimum atomic E-state index is -3.48. The summed E-state index contributed by atoms with van der Waals surface area (Å²) in [5.74, 6) is 0. The van der Waals surface area contributed by atoms with E-state index in [-0.39, 0.29) is 18.2 Å². The molecule has 0 fully saturated rings. The number of aromatic nitrogens is 2. The Morgan fingerprint density at radius 3 is 2.70 bits per heavy atom. The van der Waals surface area contributed by atoms with Crippen molar-refractivity contribution in [3.63, 3.8) is 0 Å². The van der Waals surface area contributed by atoms with Crippen LogP contribution in [0.3, 0.4) is 0 Å². The number of halogens is 1. The molecule has 0 aliphatic heterocycles. The summed E-state index contributed by atoms with van der Waals surface area (Å²) in [6.45, 7) is 0.0317. The van der Waals surface area contributed by atoms with Gasteiger partial charge in [-0.3, -0.25) is 13.5 Å². The van der Waals surface area contributed by atoms with Gasteiger partial charge in [-0.25, -0.2) is 4.98 Å². The van der Waals surface area contributed by atoms with E-state index < -0.39 is 10.1 Å². The maximum atomic E-state index is 13.3. The average Bonchev–Trinajstić information content (AvgIpc) is 3.23. The van der Waals surface area contributed by atoms with Gasteiger partial charge in [0.25, 0.3) is 15.7 Å². The summed E-state index contributed by atoms with van der Waals surface area (Å²) in [6.07, 6.45) is 5.05. The molecule has 2 aromatic heterocycles. The third kappa shape index (κ3) is 4.75. The van der Waals surface area contributed by atoms with E-state index >= 15 is 0 Å². The Kier molecular flexibility index (Phi) is 5.86. The van der Waals surface area contributed by atoms with Crippen LogP contribution < -0.4 is 5.56 Å². The van der Waals surface area contributed by atoms with Crippen molar-refractivity contribution in [2.45, 2.75) is 31.9 Å². The van der Waals surface area contributed by atoms with Crippen molar-refractivity contribution < 1.29 is 12.6 Å². The highest BCUT2D eigenvalue weighted by atomic mass is 35.5. The third-order valence-corrected chi connectivity index (χ3v) is 7.86. The molecule has 0 spiro atoms. The number of hydrogen-bond acceptors (Lipinski definition) is 6. The van der Waals surface area contributed by atoms with Crippen LogP contribution in [0.15, 0.2) is 59.7 Å². The van der Waals surface area contributed by atoms with Gasteiger partial charge < -0.3 is 0 Å². The van der Waals surface area contributed by atoms with Crippen LogP contribution in [0.5, 0.6) is 0 Å². The number of benzene rings is 2. The normalized spacial score (nSPS) is 16.1. The van der Waals surface area contributed by atoms with Crippen LogP contribution in [0, 0.1) is 0 Å².